The summed E-state index contributed by atoms with van der Waals surface area (Å²) in [6, 6.07) is 7.48. The second kappa shape index (κ2) is 6.56. The Labute approximate surface area is 146 Å². The van der Waals surface area contributed by atoms with Crippen LogP contribution in [0.15, 0.2) is 42.7 Å². The Morgan fingerprint density at radius 1 is 1.20 bits per heavy atom. The third-order valence-corrected chi connectivity index (χ3v) is 3.69. The molecule has 0 spiro atoms. The number of amides is 1. The topological polar surface area (TPSA) is 51.2 Å². The molecule has 0 aliphatic carbocycles. The zero-order chi connectivity index (χ0) is 18.0. The van der Waals surface area contributed by atoms with Crippen LogP contribution >= 0.6 is 0 Å². The molecule has 1 aliphatic heterocycles. The molecule has 3 rings (SSSR count). The predicted octanol–water partition coefficient (Wildman–Crippen LogP) is 4.14. The third-order valence-electron chi connectivity index (χ3n) is 3.69. The molecule has 128 valence electrons. The lowest BCUT2D eigenvalue weighted by Crippen LogP contribution is -2.19. The number of halogens is 1. The summed E-state index contributed by atoms with van der Waals surface area (Å²) < 4.78 is 18.9. The largest absolute Gasteiger partial charge is 0.439 e. The smallest absolute Gasteiger partial charge is 0.408 e. The highest BCUT2D eigenvalue weighted by Gasteiger charge is 2.36. The van der Waals surface area contributed by atoms with E-state index in [-0.39, 0.29) is 11.2 Å². The van der Waals surface area contributed by atoms with Gasteiger partial charge in [0.05, 0.1) is 0 Å². The van der Waals surface area contributed by atoms with E-state index in [1.807, 2.05) is 26.8 Å². The van der Waals surface area contributed by atoms with E-state index < -0.39 is 18.2 Å². The molecule has 2 aromatic rings. The van der Waals surface area contributed by atoms with Gasteiger partial charge in [-0.3, -0.25) is 4.98 Å². The lowest BCUT2D eigenvalue weighted by Gasteiger charge is -2.17. The van der Waals surface area contributed by atoms with E-state index in [1.165, 1.54) is 12.1 Å². The number of carbonyl (C=O) groups is 1. The Hall–Kier alpha value is -2.87. The minimum Gasteiger partial charge on any atom is -0.439 e. The molecule has 1 N–H and O–H groups in total. The van der Waals surface area contributed by atoms with Crippen molar-refractivity contribution in [3.8, 4) is 11.8 Å². The van der Waals surface area contributed by atoms with Crippen molar-refractivity contribution in [3.05, 3.63) is 65.2 Å². The molecule has 2 atom stereocenters. The van der Waals surface area contributed by atoms with Crippen LogP contribution in [0, 0.1) is 23.1 Å². The predicted molar refractivity (Wildman–Crippen MR) is 92.1 cm³/mol. The first-order valence-electron chi connectivity index (χ1n) is 8.02. The van der Waals surface area contributed by atoms with E-state index in [1.54, 1.807) is 24.5 Å². The number of benzene rings is 1. The molecule has 1 aromatic heterocycles. The summed E-state index contributed by atoms with van der Waals surface area (Å²) in [5.74, 6) is 5.88. The van der Waals surface area contributed by atoms with Gasteiger partial charge >= 0.3 is 6.09 Å². The molecule has 1 aliphatic rings. The highest BCUT2D eigenvalue weighted by molar-refractivity contribution is 5.71. The summed E-state index contributed by atoms with van der Waals surface area (Å²) in [5.41, 5.74) is 1.99. The van der Waals surface area contributed by atoms with Crippen LogP contribution in [0.3, 0.4) is 0 Å². The zero-order valence-corrected chi connectivity index (χ0v) is 14.3. The Bertz CT molecular complexity index is 862. The van der Waals surface area contributed by atoms with Crippen LogP contribution in [0.5, 0.6) is 0 Å². The Morgan fingerprint density at radius 3 is 2.72 bits per heavy atom. The lowest BCUT2D eigenvalue weighted by molar-refractivity contribution is 0.132. The molecule has 1 aromatic carbocycles. The minimum absolute atomic E-state index is 0.120. The average molecular weight is 338 g/mol. The number of nitrogens with zero attached hydrogens (tertiary/aromatic N) is 1. The van der Waals surface area contributed by atoms with E-state index in [4.69, 9.17) is 4.74 Å². The van der Waals surface area contributed by atoms with Gasteiger partial charge in [0.1, 0.15) is 11.9 Å². The van der Waals surface area contributed by atoms with Crippen molar-refractivity contribution in [1.82, 2.24) is 10.3 Å². The van der Waals surface area contributed by atoms with Crippen molar-refractivity contribution < 1.29 is 13.9 Å². The van der Waals surface area contributed by atoms with Crippen LogP contribution in [0.25, 0.3) is 0 Å². The number of rotatable bonds is 2. The molecule has 2 heterocycles. The van der Waals surface area contributed by atoms with Gasteiger partial charge in [-0.05, 0) is 50.1 Å². The van der Waals surface area contributed by atoms with Crippen LogP contribution in [0.4, 0.5) is 9.18 Å². The second-order valence-corrected chi connectivity index (χ2v) is 7.01. The van der Waals surface area contributed by atoms with Gasteiger partial charge in [-0.1, -0.05) is 24.0 Å². The van der Waals surface area contributed by atoms with Crippen molar-refractivity contribution in [2.45, 2.75) is 32.9 Å². The number of nitrogens with one attached hydrogen (secondary N) is 1. The molecular weight excluding hydrogens is 319 g/mol. The molecule has 25 heavy (non-hydrogen) atoms. The molecule has 1 fully saturated rings. The number of hydrogen-bond acceptors (Lipinski definition) is 3. The number of ether oxygens (including phenoxy) is 1. The highest BCUT2D eigenvalue weighted by atomic mass is 19.1. The van der Waals surface area contributed by atoms with E-state index >= 15 is 0 Å². The minimum atomic E-state index is -0.615. The summed E-state index contributed by atoms with van der Waals surface area (Å²) in [4.78, 5) is 16.0. The first-order valence-corrected chi connectivity index (χ1v) is 8.02. The first kappa shape index (κ1) is 17.0. The molecule has 5 heteroatoms. The first-order chi connectivity index (χ1) is 11.8. The maximum absolute atomic E-state index is 13.5. The maximum atomic E-state index is 13.5. The van der Waals surface area contributed by atoms with Crippen molar-refractivity contribution in [3.63, 3.8) is 0 Å². The normalized spacial score (nSPS) is 19.6. The van der Waals surface area contributed by atoms with Crippen LogP contribution in [-0.2, 0) is 4.74 Å². The van der Waals surface area contributed by atoms with Gasteiger partial charge in [-0.2, -0.15) is 0 Å². The van der Waals surface area contributed by atoms with Gasteiger partial charge in [0.2, 0.25) is 0 Å². The fourth-order valence-corrected chi connectivity index (χ4v) is 2.58. The van der Waals surface area contributed by atoms with E-state index in [0.717, 1.165) is 11.1 Å². The van der Waals surface area contributed by atoms with Crippen molar-refractivity contribution in [2.24, 2.45) is 5.41 Å². The molecule has 1 amide bonds. The molecule has 0 bridgehead atoms. The summed E-state index contributed by atoms with van der Waals surface area (Å²) in [6.07, 6.45) is 2.19. The van der Waals surface area contributed by atoms with Gasteiger partial charge < -0.3 is 10.1 Å². The van der Waals surface area contributed by atoms with Crippen LogP contribution < -0.4 is 5.32 Å². The highest BCUT2D eigenvalue weighted by Crippen LogP contribution is 2.36. The summed E-state index contributed by atoms with van der Waals surface area (Å²) >= 11 is 0. The summed E-state index contributed by atoms with van der Waals surface area (Å²) in [6.45, 7) is 6.09. The Morgan fingerprint density at radius 2 is 2.00 bits per heavy atom. The quantitative estimate of drug-likeness (QED) is 0.837. The monoisotopic (exact) mass is 338 g/mol. The van der Waals surface area contributed by atoms with Gasteiger partial charge in [-0.15, -0.1) is 0 Å². The number of carbonyl (C=O) groups excluding carboxylic acids is 1. The fraction of sp³-hybridized carbons (Fsp3) is 0.300. The average Bonchev–Trinajstić information content (AvgIpc) is 2.95. The Balaban J connectivity index is 1.94. The molecule has 0 unspecified atom stereocenters. The fourth-order valence-electron chi connectivity index (χ4n) is 2.58. The van der Waals surface area contributed by atoms with Gasteiger partial charge in [0, 0.05) is 23.4 Å². The number of hydrogen-bond donors (Lipinski definition) is 1. The summed E-state index contributed by atoms with van der Waals surface area (Å²) in [7, 11) is 0. The van der Waals surface area contributed by atoms with E-state index in [0.29, 0.717) is 5.56 Å². The zero-order valence-electron chi connectivity index (χ0n) is 14.3. The van der Waals surface area contributed by atoms with Crippen LogP contribution in [-0.4, -0.2) is 11.1 Å². The molecule has 4 nitrogen and oxygen atoms in total. The lowest BCUT2D eigenvalue weighted by atomic mass is 9.95. The van der Waals surface area contributed by atoms with Gasteiger partial charge in [0.25, 0.3) is 0 Å². The number of pyridine rings is 1. The SMILES string of the molecule is CC(C)(C)C#Cc1cncc([C@H]2NC(=O)O[C@@H]2c2cccc(F)c2)c1. The standard InChI is InChI=1S/C20H19FN2O2/c1-20(2,3)8-7-13-9-15(12-22-11-13)17-18(25-19(24)23-17)14-5-4-6-16(21)10-14/h4-6,9-12,17-18H,1-3H3,(H,23,24)/t17-,18-/m1/s1. The van der Waals surface area contributed by atoms with E-state index in [9.17, 15) is 9.18 Å². The number of cyclic esters (lactones) is 1. The van der Waals surface area contributed by atoms with E-state index in [2.05, 4.69) is 22.1 Å². The summed E-state index contributed by atoms with van der Waals surface area (Å²) in [5, 5.41) is 2.77. The maximum Gasteiger partial charge on any atom is 0.408 e. The second-order valence-electron chi connectivity index (χ2n) is 7.01. The van der Waals surface area contributed by atoms with Crippen LogP contribution in [0.1, 0.15) is 49.6 Å². The van der Waals surface area contributed by atoms with Gasteiger partial charge in [-0.25, -0.2) is 9.18 Å². The Kier molecular flexibility index (Phi) is 4.45. The number of alkyl carbamates (subject to hydrolysis) is 1. The molecular formula is C20H19FN2O2. The third kappa shape index (κ3) is 4.16. The van der Waals surface area contributed by atoms with Crippen molar-refractivity contribution in [2.75, 3.05) is 0 Å². The van der Waals surface area contributed by atoms with Gasteiger partial charge in [0.15, 0.2) is 6.10 Å². The molecule has 0 saturated carbocycles. The molecule has 0 radical (unpaired) electrons. The van der Waals surface area contributed by atoms with Crippen molar-refractivity contribution in [1.29, 1.82) is 0 Å². The molecule has 1 saturated heterocycles. The number of aromatic nitrogens is 1. The van der Waals surface area contributed by atoms with Crippen LogP contribution in [0.2, 0.25) is 0 Å². The van der Waals surface area contributed by atoms with Crippen molar-refractivity contribution >= 4 is 6.09 Å².